The van der Waals surface area contributed by atoms with Crippen LogP contribution in [0.4, 0.5) is 11.6 Å². The topological polar surface area (TPSA) is 49.8 Å². The minimum Gasteiger partial charge on any atom is -0.370 e. The Kier molecular flexibility index (Phi) is 4.04. The first-order chi connectivity index (χ1) is 8.65. The summed E-state index contributed by atoms with van der Waals surface area (Å²) >= 11 is 0. The average Bonchev–Trinajstić information content (AvgIpc) is 2.75. The van der Waals surface area contributed by atoms with Crippen LogP contribution in [0.25, 0.3) is 0 Å². The fourth-order valence-corrected chi connectivity index (χ4v) is 2.58. The summed E-state index contributed by atoms with van der Waals surface area (Å²) in [7, 11) is 0. The molecule has 0 unspecified atom stereocenters. The molecular weight excluding hydrogens is 224 g/mol. The summed E-state index contributed by atoms with van der Waals surface area (Å²) in [5.74, 6) is 2.79. The lowest BCUT2D eigenvalue weighted by atomic mass is 10.0. The van der Waals surface area contributed by atoms with E-state index in [-0.39, 0.29) is 5.54 Å². The Morgan fingerprint density at radius 2 is 1.83 bits per heavy atom. The van der Waals surface area contributed by atoms with Crippen molar-refractivity contribution in [1.82, 2.24) is 9.97 Å². The largest absolute Gasteiger partial charge is 0.370 e. The maximum absolute atomic E-state index is 4.58. The normalized spacial score (nSPS) is 17.7. The van der Waals surface area contributed by atoms with Crippen LogP contribution in [0.5, 0.6) is 0 Å². The van der Waals surface area contributed by atoms with E-state index < -0.39 is 0 Å². The van der Waals surface area contributed by atoms with E-state index in [4.69, 9.17) is 0 Å². The summed E-state index contributed by atoms with van der Waals surface area (Å²) in [5, 5.41) is 6.87. The Hall–Kier alpha value is -1.32. The van der Waals surface area contributed by atoms with E-state index in [1.165, 1.54) is 25.7 Å². The fraction of sp³-hybridized carbons (Fsp3) is 0.714. The molecular formula is C14H24N4. The molecule has 0 atom stereocenters. The number of hydrogen-bond acceptors (Lipinski definition) is 4. The van der Waals surface area contributed by atoms with Crippen LogP contribution in [0.15, 0.2) is 6.07 Å². The molecule has 0 amide bonds. The molecule has 1 aromatic heterocycles. The first-order valence-electron chi connectivity index (χ1n) is 7.05. The summed E-state index contributed by atoms with van der Waals surface area (Å²) in [5.41, 5.74) is 0.211. The summed E-state index contributed by atoms with van der Waals surface area (Å²) in [4.78, 5) is 9.06. The van der Waals surface area contributed by atoms with E-state index in [1.807, 2.05) is 6.07 Å². The number of rotatable bonds is 5. The van der Waals surface area contributed by atoms with Crippen LogP contribution >= 0.6 is 0 Å². The maximum Gasteiger partial charge on any atom is 0.132 e. The molecule has 1 heterocycles. The lowest BCUT2D eigenvalue weighted by Gasteiger charge is -2.26. The Morgan fingerprint density at radius 1 is 1.17 bits per heavy atom. The van der Waals surface area contributed by atoms with Crippen molar-refractivity contribution in [2.45, 2.75) is 58.4 Å². The third kappa shape index (κ3) is 3.12. The van der Waals surface area contributed by atoms with Gasteiger partial charge in [0.25, 0.3) is 0 Å². The fourth-order valence-electron chi connectivity index (χ4n) is 2.58. The molecule has 0 bridgehead atoms. The lowest BCUT2D eigenvalue weighted by molar-refractivity contribution is 0.530. The molecule has 2 rings (SSSR count). The minimum absolute atomic E-state index is 0.211. The second kappa shape index (κ2) is 5.55. The predicted molar refractivity (Wildman–Crippen MR) is 76.1 cm³/mol. The van der Waals surface area contributed by atoms with Crippen LogP contribution in [-0.2, 0) is 6.42 Å². The van der Waals surface area contributed by atoms with E-state index in [1.54, 1.807) is 0 Å². The smallest absolute Gasteiger partial charge is 0.132 e. The summed E-state index contributed by atoms with van der Waals surface area (Å²) in [6.45, 7) is 7.35. The van der Waals surface area contributed by atoms with Gasteiger partial charge in [-0.15, -0.1) is 0 Å². The van der Waals surface area contributed by atoms with Crippen molar-refractivity contribution in [1.29, 1.82) is 0 Å². The van der Waals surface area contributed by atoms with Crippen molar-refractivity contribution in [2.75, 3.05) is 17.2 Å². The van der Waals surface area contributed by atoms with Crippen LogP contribution in [-0.4, -0.2) is 22.1 Å². The van der Waals surface area contributed by atoms with Gasteiger partial charge in [-0.3, -0.25) is 0 Å². The highest BCUT2D eigenvalue weighted by atomic mass is 15.1. The van der Waals surface area contributed by atoms with Crippen molar-refractivity contribution >= 4 is 11.6 Å². The molecule has 1 aromatic rings. The van der Waals surface area contributed by atoms with Gasteiger partial charge in [0.05, 0.1) is 0 Å². The van der Waals surface area contributed by atoms with Gasteiger partial charge >= 0.3 is 0 Å². The van der Waals surface area contributed by atoms with Crippen molar-refractivity contribution in [3.8, 4) is 0 Å². The molecule has 0 aromatic carbocycles. The van der Waals surface area contributed by atoms with Gasteiger partial charge in [-0.2, -0.15) is 0 Å². The highest BCUT2D eigenvalue weighted by molar-refractivity contribution is 5.49. The standard InChI is InChI=1S/C14H24N4/c1-4-11-16-12(15-5-2)10-13(17-11)18-14(3)8-6-7-9-14/h10H,4-9H2,1-3H3,(H2,15,16,17,18). The number of anilines is 2. The van der Waals surface area contributed by atoms with Gasteiger partial charge in [-0.1, -0.05) is 19.8 Å². The Bertz CT molecular complexity index is 397. The van der Waals surface area contributed by atoms with Crippen molar-refractivity contribution in [3.63, 3.8) is 0 Å². The zero-order valence-electron chi connectivity index (χ0n) is 11.7. The van der Waals surface area contributed by atoms with Crippen molar-refractivity contribution in [2.24, 2.45) is 0 Å². The highest BCUT2D eigenvalue weighted by Gasteiger charge is 2.28. The van der Waals surface area contributed by atoms with Gasteiger partial charge in [0.2, 0.25) is 0 Å². The van der Waals surface area contributed by atoms with Crippen LogP contribution in [0, 0.1) is 0 Å². The number of aromatic nitrogens is 2. The van der Waals surface area contributed by atoms with Crippen molar-refractivity contribution in [3.05, 3.63) is 11.9 Å². The zero-order chi connectivity index (χ0) is 13.0. The van der Waals surface area contributed by atoms with Crippen LogP contribution in [0.2, 0.25) is 0 Å². The van der Waals surface area contributed by atoms with Crippen molar-refractivity contribution < 1.29 is 0 Å². The first kappa shape index (κ1) is 13.1. The molecule has 18 heavy (non-hydrogen) atoms. The molecule has 0 saturated heterocycles. The molecule has 1 fully saturated rings. The minimum atomic E-state index is 0.211. The van der Waals surface area contributed by atoms with Gasteiger partial charge in [-0.05, 0) is 26.7 Å². The van der Waals surface area contributed by atoms with Gasteiger partial charge in [0.1, 0.15) is 17.5 Å². The van der Waals surface area contributed by atoms with E-state index in [9.17, 15) is 0 Å². The Labute approximate surface area is 110 Å². The van der Waals surface area contributed by atoms with Gasteiger partial charge in [0, 0.05) is 24.6 Å². The summed E-state index contributed by atoms with van der Waals surface area (Å²) in [6.07, 6.45) is 5.96. The molecule has 1 saturated carbocycles. The number of nitrogens with zero attached hydrogens (tertiary/aromatic N) is 2. The number of aryl methyl sites for hydroxylation is 1. The zero-order valence-corrected chi connectivity index (χ0v) is 11.7. The van der Waals surface area contributed by atoms with Crippen LogP contribution < -0.4 is 10.6 Å². The molecule has 4 heteroatoms. The molecule has 0 radical (unpaired) electrons. The molecule has 4 nitrogen and oxygen atoms in total. The molecule has 100 valence electrons. The molecule has 2 N–H and O–H groups in total. The highest BCUT2D eigenvalue weighted by Crippen LogP contribution is 2.32. The monoisotopic (exact) mass is 248 g/mol. The summed E-state index contributed by atoms with van der Waals surface area (Å²) in [6, 6.07) is 2.02. The second-order valence-corrected chi connectivity index (χ2v) is 5.33. The van der Waals surface area contributed by atoms with Crippen LogP contribution in [0.1, 0.15) is 52.3 Å². The van der Waals surface area contributed by atoms with E-state index in [0.717, 1.165) is 30.4 Å². The Balaban J connectivity index is 2.17. The second-order valence-electron chi connectivity index (χ2n) is 5.33. The molecule has 1 aliphatic carbocycles. The molecule has 0 spiro atoms. The average molecular weight is 248 g/mol. The van der Waals surface area contributed by atoms with E-state index >= 15 is 0 Å². The third-order valence-electron chi connectivity index (χ3n) is 3.58. The predicted octanol–water partition coefficient (Wildman–Crippen LogP) is 3.22. The third-order valence-corrected chi connectivity index (χ3v) is 3.58. The Morgan fingerprint density at radius 3 is 2.44 bits per heavy atom. The SMILES string of the molecule is CCNc1cc(NC2(C)CCCC2)nc(CC)n1. The quantitative estimate of drug-likeness (QED) is 0.840. The first-order valence-corrected chi connectivity index (χ1v) is 7.05. The number of hydrogen-bond donors (Lipinski definition) is 2. The summed E-state index contributed by atoms with van der Waals surface area (Å²) < 4.78 is 0. The molecule has 0 aliphatic heterocycles. The molecule has 1 aliphatic rings. The lowest BCUT2D eigenvalue weighted by Crippen LogP contribution is -2.31. The van der Waals surface area contributed by atoms with Crippen LogP contribution in [0.3, 0.4) is 0 Å². The van der Waals surface area contributed by atoms with Gasteiger partial charge in [0.15, 0.2) is 0 Å². The van der Waals surface area contributed by atoms with E-state index in [0.29, 0.717) is 0 Å². The maximum atomic E-state index is 4.58. The van der Waals surface area contributed by atoms with E-state index in [2.05, 4.69) is 41.4 Å². The van der Waals surface area contributed by atoms with Gasteiger partial charge in [-0.25, -0.2) is 9.97 Å². The number of nitrogens with one attached hydrogen (secondary N) is 2. The van der Waals surface area contributed by atoms with Gasteiger partial charge < -0.3 is 10.6 Å².